The summed E-state index contributed by atoms with van der Waals surface area (Å²) in [6, 6.07) is 0. The van der Waals surface area contributed by atoms with Crippen LogP contribution in [0.5, 0.6) is 0 Å². The van der Waals surface area contributed by atoms with E-state index < -0.39 is 0 Å². The number of allylic oxidation sites excluding steroid dienone is 2. The van der Waals surface area contributed by atoms with Crippen LogP contribution in [0.3, 0.4) is 0 Å². The van der Waals surface area contributed by atoms with Crippen molar-refractivity contribution in [3.05, 3.63) is 11.6 Å². The molecule has 0 aliphatic carbocycles. The minimum Gasteiger partial charge on any atom is -0.295 e. The third-order valence-electron chi connectivity index (χ3n) is 2.24. The van der Waals surface area contributed by atoms with Gasteiger partial charge in [0.05, 0.1) is 0 Å². The molecule has 0 radical (unpaired) electrons. The maximum Gasteiger partial charge on any atom is 0.155 e. The lowest BCUT2D eigenvalue weighted by atomic mass is 10.0. The topological polar surface area (TPSA) is 17.1 Å². The fraction of sp³-hybridized carbons (Fsp3) is 0.750. The van der Waals surface area contributed by atoms with E-state index in [1.165, 1.54) is 5.57 Å². The quantitative estimate of drug-likeness (QED) is 0.572. The first-order valence-corrected chi connectivity index (χ1v) is 5.32. The summed E-state index contributed by atoms with van der Waals surface area (Å²) < 4.78 is 0. The van der Waals surface area contributed by atoms with Crippen molar-refractivity contribution < 1.29 is 4.79 Å². The molecule has 0 saturated carbocycles. The van der Waals surface area contributed by atoms with Crippen LogP contribution in [-0.2, 0) is 4.79 Å². The van der Waals surface area contributed by atoms with Crippen molar-refractivity contribution in [2.75, 3.05) is 0 Å². The van der Waals surface area contributed by atoms with Gasteiger partial charge in [0.15, 0.2) is 5.78 Å². The van der Waals surface area contributed by atoms with Gasteiger partial charge in [-0.3, -0.25) is 4.79 Å². The van der Waals surface area contributed by atoms with Crippen molar-refractivity contribution in [3.8, 4) is 0 Å². The fourth-order valence-electron chi connectivity index (χ4n) is 1.18. The van der Waals surface area contributed by atoms with Crippen molar-refractivity contribution in [1.82, 2.24) is 0 Å². The molecule has 13 heavy (non-hydrogen) atoms. The summed E-state index contributed by atoms with van der Waals surface area (Å²) in [5, 5.41) is 0. The Kier molecular flexibility index (Phi) is 6.56. The third kappa shape index (κ3) is 6.56. The van der Waals surface area contributed by atoms with Gasteiger partial charge in [0, 0.05) is 6.42 Å². The summed E-state index contributed by atoms with van der Waals surface area (Å²) in [7, 11) is 0. The van der Waals surface area contributed by atoms with Crippen LogP contribution in [0.1, 0.15) is 53.4 Å². The monoisotopic (exact) mass is 182 g/mol. The van der Waals surface area contributed by atoms with E-state index in [9.17, 15) is 4.79 Å². The molecule has 0 saturated heterocycles. The maximum atomic E-state index is 11.4. The number of carbonyl (C=O) groups is 1. The predicted octanol–water partition coefficient (Wildman–Crippen LogP) is 3.74. The fourth-order valence-corrected chi connectivity index (χ4v) is 1.18. The summed E-state index contributed by atoms with van der Waals surface area (Å²) in [5.74, 6) is 0.927. The number of hydrogen-bond donors (Lipinski definition) is 0. The molecular weight excluding hydrogens is 160 g/mol. The van der Waals surface area contributed by atoms with Crippen LogP contribution in [0.15, 0.2) is 11.6 Å². The number of hydrogen-bond acceptors (Lipinski definition) is 1. The van der Waals surface area contributed by atoms with E-state index in [0.717, 1.165) is 19.3 Å². The smallest absolute Gasteiger partial charge is 0.155 e. The Bertz CT molecular complexity index is 172. The minimum atomic E-state index is 0.299. The van der Waals surface area contributed by atoms with Gasteiger partial charge >= 0.3 is 0 Å². The summed E-state index contributed by atoms with van der Waals surface area (Å²) in [5.41, 5.74) is 1.27. The molecule has 0 N–H and O–H groups in total. The highest BCUT2D eigenvalue weighted by Crippen LogP contribution is 2.09. The van der Waals surface area contributed by atoms with Gasteiger partial charge < -0.3 is 0 Å². The Hall–Kier alpha value is -0.590. The van der Waals surface area contributed by atoms with Crippen LogP contribution in [0.25, 0.3) is 0 Å². The summed E-state index contributed by atoms with van der Waals surface area (Å²) >= 11 is 0. The van der Waals surface area contributed by atoms with Crippen LogP contribution < -0.4 is 0 Å². The Labute approximate surface area is 82.2 Å². The van der Waals surface area contributed by atoms with E-state index in [0.29, 0.717) is 18.1 Å². The van der Waals surface area contributed by atoms with Crippen LogP contribution in [-0.4, -0.2) is 5.78 Å². The lowest BCUT2D eigenvalue weighted by Crippen LogP contribution is -1.98. The standard InChI is InChI=1S/C12H22O/c1-5-11(6-2)9-12(13)8-7-10(3)4/h9-10H,5-8H2,1-4H3. The van der Waals surface area contributed by atoms with Gasteiger partial charge in [-0.1, -0.05) is 33.3 Å². The first-order valence-electron chi connectivity index (χ1n) is 5.32. The van der Waals surface area contributed by atoms with Gasteiger partial charge in [0.2, 0.25) is 0 Å². The first kappa shape index (κ1) is 12.4. The Morgan fingerprint density at radius 1 is 1.23 bits per heavy atom. The van der Waals surface area contributed by atoms with Crippen molar-refractivity contribution in [2.45, 2.75) is 53.4 Å². The van der Waals surface area contributed by atoms with Crippen molar-refractivity contribution in [2.24, 2.45) is 5.92 Å². The SMILES string of the molecule is CCC(=CC(=O)CCC(C)C)CC. The van der Waals surface area contributed by atoms with E-state index >= 15 is 0 Å². The van der Waals surface area contributed by atoms with Gasteiger partial charge in [-0.25, -0.2) is 0 Å². The Morgan fingerprint density at radius 2 is 1.77 bits per heavy atom. The average Bonchev–Trinajstić information content (AvgIpc) is 2.10. The van der Waals surface area contributed by atoms with E-state index in [1.807, 2.05) is 6.08 Å². The molecule has 0 aliphatic rings. The molecule has 0 aromatic rings. The second-order valence-corrected chi connectivity index (χ2v) is 3.91. The van der Waals surface area contributed by atoms with Crippen LogP contribution >= 0.6 is 0 Å². The number of rotatable bonds is 6. The van der Waals surface area contributed by atoms with Crippen LogP contribution in [0, 0.1) is 5.92 Å². The molecule has 0 spiro atoms. The van der Waals surface area contributed by atoms with Crippen molar-refractivity contribution in [3.63, 3.8) is 0 Å². The van der Waals surface area contributed by atoms with E-state index in [1.54, 1.807) is 0 Å². The lowest BCUT2D eigenvalue weighted by Gasteiger charge is -2.02. The van der Waals surface area contributed by atoms with Crippen LogP contribution in [0.2, 0.25) is 0 Å². The lowest BCUT2D eigenvalue weighted by molar-refractivity contribution is -0.114. The predicted molar refractivity (Wildman–Crippen MR) is 57.7 cm³/mol. The van der Waals surface area contributed by atoms with E-state index in [-0.39, 0.29) is 0 Å². The van der Waals surface area contributed by atoms with Gasteiger partial charge in [-0.2, -0.15) is 0 Å². The second-order valence-electron chi connectivity index (χ2n) is 3.91. The zero-order chi connectivity index (χ0) is 10.3. The van der Waals surface area contributed by atoms with E-state index in [2.05, 4.69) is 27.7 Å². The molecule has 0 aromatic carbocycles. The molecule has 0 atom stereocenters. The van der Waals surface area contributed by atoms with Gasteiger partial charge in [0.1, 0.15) is 0 Å². The zero-order valence-electron chi connectivity index (χ0n) is 9.39. The third-order valence-corrected chi connectivity index (χ3v) is 2.24. The number of carbonyl (C=O) groups excluding carboxylic acids is 1. The highest BCUT2D eigenvalue weighted by atomic mass is 16.1. The van der Waals surface area contributed by atoms with Gasteiger partial charge in [-0.15, -0.1) is 0 Å². The molecule has 0 rings (SSSR count). The molecule has 0 unspecified atom stereocenters. The largest absolute Gasteiger partial charge is 0.295 e. The second kappa shape index (κ2) is 6.88. The first-order chi connectivity index (χ1) is 6.10. The molecule has 1 nitrogen and oxygen atoms in total. The molecule has 1 heteroatoms. The minimum absolute atomic E-state index is 0.299. The molecular formula is C12H22O. The molecule has 0 bridgehead atoms. The Morgan fingerprint density at radius 3 is 2.15 bits per heavy atom. The molecule has 0 fully saturated rings. The van der Waals surface area contributed by atoms with Gasteiger partial charge in [0.25, 0.3) is 0 Å². The highest BCUT2D eigenvalue weighted by molar-refractivity contribution is 5.90. The summed E-state index contributed by atoms with van der Waals surface area (Å²) in [6.45, 7) is 8.51. The van der Waals surface area contributed by atoms with Gasteiger partial charge in [-0.05, 0) is 31.3 Å². The maximum absolute atomic E-state index is 11.4. The number of ketones is 1. The molecule has 0 aliphatic heterocycles. The zero-order valence-corrected chi connectivity index (χ0v) is 9.39. The van der Waals surface area contributed by atoms with Crippen LogP contribution in [0.4, 0.5) is 0 Å². The summed E-state index contributed by atoms with van der Waals surface area (Å²) in [6.07, 6.45) is 5.56. The van der Waals surface area contributed by atoms with Crippen molar-refractivity contribution in [1.29, 1.82) is 0 Å². The molecule has 0 amide bonds. The normalized spacial score (nSPS) is 10.2. The summed E-state index contributed by atoms with van der Waals surface area (Å²) in [4.78, 5) is 11.4. The molecule has 0 heterocycles. The molecule has 76 valence electrons. The van der Waals surface area contributed by atoms with Crippen molar-refractivity contribution >= 4 is 5.78 Å². The van der Waals surface area contributed by atoms with E-state index in [4.69, 9.17) is 0 Å². The highest BCUT2D eigenvalue weighted by Gasteiger charge is 2.01. The Balaban J connectivity index is 3.90. The molecule has 0 aromatic heterocycles. The average molecular weight is 182 g/mol.